The predicted octanol–water partition coefficient (Wildman–Crippen LogP) is 7.37. The number of benzene rings is 3. The summed E-state index contributed by atoms with van der Waals surface area (Å²) in [4.78, 5) is 12.8. The maximum atomic E-state index is 16.7. The van der Waals surface area contributed by atoms with Crippen molar-refractivity contribution in [1.82, 2.24) is 5.32 Å². The number of carbonyl (C=O) groups is 1. The minimum atomic E-state index is -1.04. The molecule has 2 aliphatic heterocycles. The predicted molar refractivity (Wildman–Crippen MR) is 183 cm³/mol. The van der Waals surface area contributed by atoms with E-state index >= 15 is 8.78 Å². The van der Waals surface area contributed by atoms with E-state index in [4.69, 9.17) is 36.3 Å². The number of fused-ring (bicyclic) bond motifs is 1. The number of nitrogens with two attached hydrogens (primary N) is 1. The van der Waals surface area contributed by atoms with Gasteiger partial charge in [0.2, 0.25) is 5.91 Å². The topological polar surface area (TPSA) is 112 Å². The number of ether oxygens (including phenoxy) is 4. The van der Waals surface area contributed by atoms with Gasteiger partial charge in [0, 0.05) is 47.9 Å². The first-order valence-corrected chi connectivity index (χ1v) is 17.5. The van der Waals surface area contributed by atoms with E-state index in [1.165, 1.54) is 18.2 Å². The lowest BCUT2D eigenvalue weighted by molar-refractivity contribution is -0.189. The summed E-state index contributed by atoms with van der Waals surface area (Å²) in [7, 11) is 0. The van der Waals surface area contributed by atoms with Crippen LogP contribution in [0.4, 0.5) is 8.78 Å². The number of halogens is 3. The second-order valence-corrected chi connectivity index (χ2v) is 14.3. The molecule has 49 heavy (non-hydrogen) atoms. The van der Waals surface area contributed by atoms with E-state index in [0.717, 1.165) is 37.7 Å². The van der Waals surface area contributed by atoms with E-state index in [2.05, 4.69) is 5.32 Å². The first kappa shape index (κ1) is 35.5. The summed E-state index contributed by atoms with van der Waals surface area (Å²) in [6.07, 6.45) is 4.85. The van der Waals surface area contributed by atoms with Crippen molar-refractivity contribution in [3.05, 3.63) is 81.9 Å². The Balaban J connectivity index is 1.37. The van der Waals surface area contributed by atoms with Crippen LogP contribution in [-0.2, 0) is 15.1 Å². The highest BCUT2D eigenvalue weighted by atomic mass is 35.5. The summed E-state index contributed by atoms with van der Waals surface area (Å²) in [5.41, 5.74) is 4.90. The lowest BCUT2D eigenvalue weighted by Gasteiger charge is -2.38. The summed E-state index contributed by atoms with van der Waals surface area (Å²) >= 11 is 6.71. The van der Waals surface area contributed by atoms with Crippen molar-refractivity contribution in [3.8, 4) is 22.6 Å². The van der Waals surface area contributed by atoms with Crippen LogP contribution in [0.5, 0.6) is 11.5 Å². The van der Waals surface area contributed by atoms with Gasteiger partial charge in [-0.05, 0) is 76.5 Å². The van der Waals surface area contributed by atoms with E-state index in [1.54, 1.807) is 6.92 Å². The van der Waals surface area contributed by atoms with Crippen LogP contribution < -0.4 is 20.5 Å². The maximum Gasteiger partial charge on any atom is 0.249 e. The number of rotatable bonds is 11. The fourth-order valence-electron chi connectivity index (χ4n) is 7.40. The van der Waals surface area contributed by atoms with Gasteiger partial charge in [-0.2, -0.15) is 0 Å². The van der Waals surface area contributed by atoms with Crippen molar-refractivity contribution in [2.45, 2.75) is 101 Å². The number of carbonyl (C=O) groups excluding carboxylic acids is 1. The monoisotopic (exact) mass is 698 g/mol. The standard InChI is InChI=1S/C38H45ClF2N2O6/c1-22(48-30-11-7-8-18-46-30)20-47-28-13-12-26(36(42)44)32(35(28)41)33-31-23(2)38(24-9-5-4-6-10-24,49-29(31)19-27(40)34(33)39)21-43-25-14-16-37(3,45)17-15-25/h4-6,9-10,12-13,19,22-23,25,30,43,45H,7-8,11,14-18,20-21H2,1-3H3,(H2,42,44)/t22-,23-,25-,30?,37-,38-/m0/s1. The molecule has 3 aromatic rings. The molecule has 3 aromatic carbocycles. The minimum absolute atomic E-state index is 0.0000287. The summed E-state index contributed by atoms with van der Waals surface area (Å²) in [5.74, 6) is -3.10. The maximum absolute atomic E-state index is 16.7. The Bertz CT molecular complexity index is 1660. The van der Waals surface area contributed by atoms with E-state index in [0.29, 0.717) is 31.6 Å². The summed E-state index contributed by atoms with van der Waals surface area (Å²) in [6.45, 7) is 6.55. The van der Waals surface area contributed by atoms with Crippen LogP contribution in [-0.4, -0.2) is 54.8 Å². The fraction of sp³-hybridized carbons (Fsp3) is 0.500. The van der Waals surface area contributed by atoms with E-state index in [9.17, 15) is 9.90 Å². The molecule has 4 atom stereocenters. The van der Waals surface area contributed by atoms with Gasteiger partial charge in [0.1, 0.15) is 18.2 Å². The molecule has 0 spiro atoms. The molecule has 3 aliphatic rings. The second-order valence-electron chi connectivity index (χ2n) is 13.9. The number of amides is 1. The molecule has 1 amide bonds. The molecule has 1 saturated carbocycles. The van der Waals surface area contributed by atoms with Crippen molar-refractivity contribution in [2.24, 2.45) is 5.73 Å². The smallest absolute Gasteiger partial charge is 0.249 e. The van der Waals surface area contributed by atoms with E-state index in [1.807, 2.05) is 44.2 Å². The van der Waals surface area contributed by atoms with Gasteiger partial charge in [-0.3, -0.25) is 4.79 Å². The van der Waals surface area contributed by atoms with Crippen LogP contribution in [0.2, 0.25) is 5.02 Å². The molecule has 1 aliphatic carbocycles. The van der Waals surface area contributed by atoms with Gasteiger partial charge < -0.3 is 35.1 Å². The van der Waals surface area contributed by atoms with Crippen LogP contribution in [0, 0.1) is 11.6 Å². The van der Waals surface area contributed by atoms with Crippen molar-refractivity contribution < 1.29 is 37.6 Å². The summed E-state index contributed by atoms with van der Waals surface area (Å²) < 4.78 is 56.7. The van der Waals surface area contributed by atoms with Gasteiger partial charge in [-0.15, -0.1) is 0 Å². The van der Waals surface area contributed by atoms with Gasteiger partial charge in [-0.1, -0.05) is 48.9 Å². The highest BCUT2D eigenvalue weighted by Crippen LogP contribution is 2.56. The zero-order valence-corrected chi connectivity index (χ0v) is 29.0. The molecule has 4 N–H and O–H groups in total. The van der Waals surface area contributed by atoms with Crippen LogP contribution in [0.15, 0.2) is 48.5 Å². The second kappa shape index (κ2) is 14.5. The Morgan fingerprint density at radius 3 is 2.53 bits per heavy atom. The molecule has 6 rings (SSSR count). The number of primary amides is 1. The van der Waals surface area contributed by atoms with Crippen molar-refractivity contribution in [2.75, 3.05) is 19.8 Å². The van der Waals surface area contributed by atoms with Crippen molar-refractivity contribution in [1.29, 1.82) is 0 Å². The number of hydrogen-bond donors (Lipinski definition) is 3. The molecule has 0 aromatic heterocycles. The Labute approximate surface area is 291 Å². The van der Waals surface area contributed by atoms with E-state index in [-0.39, 0.29) is 52.2 Å². The Morgan fingerprint density at radius 1 is 1.12 bits per heavy atom. The van der Waals surface area contributed by atoms with Crippen molar-refractivity contribution >= 4 is 17.5 Å². The zero-order chi connectivity index (χ0) is 34.9. The number of aliphatic hydroxyl groups is 1. The number of nitrogens with one attached hydrogen (secondary N) is 1. The molecule has 2 heterocycles. The average molecular weight is 699 g/mol. The average Bonchev–Trinajstić information content (AvgIpc) is 3.36. The van der Waals surface area contributed by atoms with E-state index < -0.39 is 40.8 Å². The highest BCUT2D eigenvalue weighted by molar-refractivity contribution is 6.34. The first-order valence-electron chi connectivity index (χ1n) is 17.1. The molecule has 11 heteroatoms. The first-order chi connectivity index (χ1) is 23.4. The Hall–Kier alpha value is -3.28. The molecular weight excluding hydrogens is 654 g/mol. The highest BCUT2D eigenvalue weighted by Gasteiger charge is 2.50. The molecule has 1 saturated heterocycles. The molecule has 8 nitrogen and oxygen atoms in total. The third-order valence-corrected chi connectivity index (χ3v) is 10.6. The van der Waals surface area contributed by atoms with Crippen LogP contribution in [0.25, 0.3) is 11.1 Å². The van der Waals surface area contributed by atoms with Gasteiger partial charge in [-0.25, -0.2) is 8.78 Å². The number of hydrogen-bond acceptors (Lipinski definition) is 7. The third-order valence-electron chi connectivity index (χ3n) is 10.2. The molecule has 0 bridgehead atoms. The molecule has 2 fully saturated rings. The normalized spacial score (nSPS) is 27.3. The largest absolute Gasteiger partial charge is 0.488 e. The fourth-order valence-corrected chi connectivity index (χ4v) is 7.65. The molecule has 264 valence electrons. The van der Waals surface area contributed by atoms with Gasteiger partial charge in [0.25, 0.3) is 0 Å². The quantitative estimate of drug-likeness (QED) is 0.192. The van der Waals surface area contributed by atoms with Gasteiger partial charge in [0.15, 0.2) is 23.5 Å². The lowest BCUT2D eigenvalue weighted by Crippen LogP contribution is -2.49. The van der Waals surface area contributed by atoms with Crippen molar-refractivity contribution in [3.63, 3.8) is 0 Å². The van der Waals surface area contributed by atoms with Crippen LogP contribution >= 0.6 is 11.6 Å². The van der Waals surface area contributed by atoms with Crippen LogP contribution in [0.3, 0.4) is 0 Å². The molecule has 0 radical (unpaired) electrons. The molecule has 1 unspecified atom stereocenters. The third kappa shape index (κ3) is 7.30. The molecular formula is C38H45ClF2N2O6. The lowest BCUT2D eigenvalue weighted by atomic mass is 9.77. The Morgan fingerprint density at radius 2 is 1.86 bits per heavy atom. The SMILES string of the molecule is C[C@@H](COc1ccc(C(N)=O)c(-c2c(Cl)c(F)cc3c2[C@H](C)[C@@](CN[C@H]2CC[C@](C)(O)CC2)(c2ccccc2)O3)c1F)OC1CCCCO1. The van der Waals surface area contributed by atoms with Crippen LogP contribution in [0.1, 0.15) is 93.1 Å². The van der Waals surface area contributed by atoms with Gasteiger partial charge in [0.05, 0.1) is 22.3 Å². The summed E-state index contributed by atoms with van der Waals surface area (Å²) in [5, 5.41) is 13.8. The zero-order valence-electron chi connectivity index (χ0n) is 28.2. The Kier molecular flexibility index (Phi) is 10.5. The minimum Gasteiger partial charge on any atom is -0.488 e. The summed E-state index contributed by atoms with van der Waals surface area (Å²) in [6, 6.07) is 13.6. The van der Waals surface area contributed by atoms with Gasteiger partial charge >= 0.3 is 0 Å².